The van der Waals surface area contributed by atoms with Gasteiger partial charge < -0.3 is 19.7 Å². The fraction of sp³-hybridized carbons (Fsp3) is 0.421. The van der Waals surface area contributed by atoms with Gasteiger partial charge in [-0.2, -0.15) is 5.10 Å². The minimum atomic E-state index is -0.789. The lowest BCUT2D eigenvalue weighted by molar-refractivity contribution is -0.120. The van der Waals surface area contributed by atoms with Gasteiger partial charge in [0.05, 0.1) is 18.4 Å². The zero-order chi connectivity index (χ0) is 19.0. The Hall–Kier alpha value is -2.87. The number of fused-ring (bicyclic) bond motifs is 2. The summed E-state index contributed by atoms with van der Waals surface area (Å²) in [4.78, 5) is 27.1. The van der Waals surface area contributed by atoms with E-state index in [0.717, 1.165) is 11.3 Å². The van der Waals surface area contributed by atoms with E-state index in [9.17, 15) is 9.59 Å². The number of anilines is 1. The summed E-state index contributed by atoms with van der Waals surface area (Å²) in [7, 11) is 1.67. The number of para-hydroxylation sites is 2. The maximum atomic E-state index is 12.8. The number of nitrogens with one attached hydrogen (secondary N) is 2. The third kappa shape index (κ3) is 3.28. The Kier molecular flexibility index (Phi) is 4.57. The first-order valence-electron chi connectivity index (χ1n) is 9.02. The molecule has 0 saturated carbocycles. The van der Waals surface area contributed by atoms with Gasteiger partial charge in [-0.05, 0) is 25.5 Å². The molecule has 8 heteroatoms. The first-order valence-corrected chi connectivity index (χ1v) is 9.02. The standard InChI is InChI=1S/C19H22N4O4/c1-11-9-13-12(7-8-26-11)17(22-21-13)18(24)20-14-10-27-16-6-4-3-5-15(16)23(2)19(14)25/h3-6,11,14H,7-10H2,1-2H3,(H,20,24)(H,21,22). The zero-order valence-corrected chi connectivity index (χ0v) is 15.3. The molecule has 27 heavy (non-hydrogen) atoms. The lowest BCUT2D eigenvalue weighted by Crippen LogP contribution is -2.49. The quantitative estimate of drug-likeness (QED) is 0.824. The predicted octanol–water partition coefficient (Wildman–Crippen LogP) is 1.07. The molecule has 2 aliphatic rings. The van der Waals surface area contributed by atoms with Gasteiger partial charge in [-0.15, -0.1) is 0 Å². The van der Waals surface area contributed by atoms with Gasteiger partial charge in [0.25, 0.3) is 11.8 Å². The Morgan fingerprint density at radius 3 is 3.04 bits per heavy atom. The van der Waals surface area contributed by atoms with E-state index in [4.69, 9.17) is 9.47 Å². The van der Waals surface area contributed by atoms with Crippen molar-refractivity contribution in [3.05, 3.63) is 41.2 Å². The summed E-state index contributed by atoms with van der Waals surface area (Å²) in [5.74, 6) is 0.000104. The maximum absolute atomic E-state index is 12.8. The summed E-state index contributed by atoms with van der Waals surface area (Å²) >= 11 is 0. The molecule has 142 valence electrons. The highest BCUT2D eigenvalue weighted by Gasteiger charge is 2.32. The summed E-state index contributed by atoms with van der Waals surface area (Å²) < 4.78 is 11.4. The van der Waals surface area contributed by atoms with Gasteiger partial charge in [0, 0.05) is 24.7 Å². The Balaban J connectivity index is 1.53. The average molecular weight is 370 g/mol. The van der Waals surface area contributed by atoms with E-state index >= 15 is 0 Å². The summed E-state index contributed by atoms with van der Waals surface area (Å²) in [6.45, 7) is 2.60. The summed E-state index contributed by atoms with van der Waals surface area (Å²) in [5.41, 5.74) is 2.77. The number of likely N-dealkylation sites (N-methyl/N-ethyl adjacent to an activating group) is 1. The van der Waals surface area contributed by atoms with Gasteiger partial charge in [0.1, 0.15) is 18.4 Å². The second-order valence-corrected chi connectivity index (χ2v) is 6.87. The van der Waals surface area contributed by atoms with Crippen LogP contribution in [0.1, 0.15) is 28.7 Å². The van der Waals surface area contributed by atoms with Crippen molar-refractivity contribution in [1.29, 1.82) is 0 Å². The smallest absolute Gasteiger partial charge is 0.272 e. The number of ether oxygens (including phenoxy) is 2. The molecule has 2 amide bonds. The number of aromatic nitrogens is 2. The molecular formula is C19H22N4O4. The summed E-state index contributed by atoms with van der Waals surface area (Å²) in [5, 5.41) is 9.91. The highest BCUT2D eigenvalue weighted by atomic mass is 16.5. The number of carbonyl (C=O) groups is 2. The fourth-order valence-electron chi connectivity index (χ4n) is 3.52. The van der Waals surface area contributed by atoms with Crippen molar-refractivity contribution in [2.75, 3.05) is 25.2 Å². The summed E-state index contributed by atoms with van der Waals surface area (Å²) in [6.07, 6.45) is 1.37. The van der Waals surface area contributed by atoms with Crippen molar-refractivity contribution < 1.29 is 19.1 Å². The molecule has 0 spiro atoms. The average Bonchev–Trinajstić information content (AvgIpc) is 2.90. The van der Waals surface area contributed by atoms with Crippen LogP contribution >= 0.6 is 0 Å². The molecule has 3 heterocycles. The third-order valence-electron chi connectivity index (χ3n) is 4.98. The number of hydrogen-bond acceptors (Lipinski definition) is 5. The van der Waals surface area contributed by atoms with E-state index in [0.29, 0.717) is 36.6 Å². The van der Waals surface area contributed by atoms with Crippen LogP contribution < -0.4 is 15.0 Å². The lowest BCUT2D eigenvalue weighted by atomic mass is 10.1. The van der Waals surface area contributed by atoms with Crippen LogP contribution in [0.5, 0.6) is 5.75 Å². The minimum Gasteiger partial charge on any atom is -0.489 e. The van der Waals surface area contributed by atoms with Crippen LogP contribution in [0.25, 0.3) is 0 Å². The van der Waals surface area contributed by atoms with Crippen molar-refractivity contribution in [3.63, 3.8) is 0 Å². The van der Waals surface area contributed by atoms with Crippen LogP contribution in [-0.4, -0.2) is 54.4 Å². The summed E-state index contributed by atoms with van der Waals surface area (Å²) in [6, 6.07) is 6.51. The monoisotopic (exact) mass is 370 g/mol. The second-order valence-electron chi connectivity index (χ2n) is 6.87. The van der Waals surface area contributed by atoms with Crippen LogP contribution in [0.3, 0.4) is 0 Å². The first-order chi connectivity index (χ1) is 13.0. The van der Waals surface area contributed by atoms with Gasteiger partial charge in [0.2, 0.25) is 0 Å². The van der Waals surface area contributed by atoms with Gasteiger partial charge in [-0.25, -0.2) is 0 Å². The van der Waals surface area contributed by atoms with Crippen LogP contribution in [-0.2, 0) is 22.4 Å². The first kappa shape index (κ1) is 17.5. The molecule has 2 atom stereocenters. The zero-order valence-electron chi connectivity index (χ0n) is 15.3. The van der Waals surface area contributed by atoms with E-state index in [-0.39, 0.29) is 24.5 Å². The molecule has 0 aliphatic carbocycles. The van der Waals surface area contributed by atoms with E-state index < -0.39 is 6.04 Å². The molecule has 1 aromatic heterocycles. The maximum Gasteiger partial charge on any atom is 0.272 e. The van der Waals surface area contributed by atoms with Gasteiger partial charge in [-0.1, -0.05) is 12.1 Å². The van der Waals surface area contributed by atoms with E-state index in [1.807, 2.05) is 25.1 Å². The normalized spacial score (nSPS) is 22.1. The number of carbonyl (C=O) groups excluding carboxylic acids is 2. The van der Waals surface area contributed by atoms with Crippen molar-refractivity contribution in [2.24, 2.45) is 0 Å². The highest BCUT2D eigenvalue weighted by molar-refractivity contribution is 6.03. The number of aromatic amines is 1. The fourth-order valence-corrected chi connectivity index (χ4v) is 3.52. The largest absolute Gasteiger partial charge is 0.489 e. The van der Waals surface area contributed by atoms with E-state index in [1.165, 1.54) is 4.90 Å². The van der Waals surface area contributed by atoms with Gasteiger partial charge in [0.15, 0.2) is 5.69 Å². The molecule has 4 rings (SSSR count). The van der Waals surface area contributed by atoms with Crippen molar-refractivity contribution in [1.82, 2.24) is 15.5 Å². The predicted molar refractivity (Wildman–Crippen MR) is 98.0 cm³/mol. The number of nitrogens with zero attached hydrogens (tertiary/aromatic N) is 2. The third-order valence-corrected chi connectivity index (χ3v) is 4.98. The van der Waals surface area contributed by atoms with Crippen LogP contribution in [0.15, 0.2) is 24.3 Å². The van der Waals surface area contributed by atoms with E-state index in [2.05, 4.69) is 15.5 Å². The molecule has 2 aromatic rings. The van der Waals surface area contributed by atoms with Crippen molar-refractivity contribution in [2.45, 2.75) is 31.9 Å². The number of rotatable bonds is 2. The number of H-pyrrole nitrogens is 1. The van der Waals surface area contributed by atoms with Gasteiger partial charge >= 0.3 is 0 Å². The molecular weight excluding hydrogens is 348 g/mol. The molecule has 2 aliphatic heterocycles. The topological polar surface area (TPSA) is 96.5 Å². The Labute approximate surface area is 156 Å². The molecule has 2 unspecified atom stereocenters. The molecule has 0 bridgehead atoms. The van der Waals surface area contributed by atoms with Crippen LogP contribution in [0, 0.1) is 0 Å². The second kappa shape index (κ2) is 7.03. The van der Waals surface area contributed by atoms with Crippen LogP contribution in [0.2, 0.25) is 0 Å². The minimum absolute atomic E-state index is 0.0681. The Bertz CT molecular complexity index is 878. The molecule has 8 nitrogen and oxygen atoms in total. The number of benzene rings is 1. The number of amides is 2. The van der Waals surface area contributed by atoms with Crippen molar-refractivity contribution in [3.8, 4) is 5.75 Å². The molecule has 1 aromatic carbocycles. The highest BCUT2D eigenvalue weighted by Crippen LogP contribution is 2.30. The van der Waals surface area contributed by atoms with E-state index in [1.54, 1.807) is 13.1 Å². The number of hydrogen-bond donors (Lipinski definition) is 2. The van der Waals surface area contributed by atoms with Crippen LogP contribution in [0.4, 0.5) is 5.69 Å². The molecule has 0 fully saturated rings. The lowest BCUT2D eigenvalue weighted by Gasteiger charge is -2.20. The molecule has 0 saturated heterocycles. The van der Waals surface area contributed by atoms with Crippen molar-refractivity contribution >= 4 is 17.5 Å². The molecule has 0 radical (unpaired) electrons. The Morgan fingerprint density at radius 1 is 1.37 bits per heavy atom. The molecule has 2 N–H and O–H groups in total. The SMILES string of the molecule is CC1Cc2[nH]nc(C(=O)NC3COc4ccccc4N(C)C3=O)c2CCO1. The Morgan fingerprint density at radius 2 is 2.19 bits per heavy atom. The van der Waals surface area contributed by atoms with Gasteiger partial charge in [-0.3, -0.25) is 14.7 Å².